The second-order valence-electron chi connectivity index (χ2n) is 30.8. The average Bonchev–Trinajstić information content (AvgIpc) is 0.825. The van der Waals surface area contributed by atoms with Gasteiger partial charge in [-0.05, 0) is 206 Å². The molecule has 0 atom stereocenters. The Morgan fingerprint density at radius 2 is 0.586 bits per heavy atom. The number of hydrogen-bond donors (Lipinski definition) is 0. The van der Waals surface area contributed by atoms with Crippen molar-refractivity contribution in [2.75, 3.05) is 54.9 Å². The number of nitrogens with zero attached hydrogens (tertiary/aromatic N) is 8. The molecule has 0 N–H and O–H groups in total. The van der Waals surface area contributed by atoms with E-state index in [9.17, 15) is 69.1 Å². The molecule has 8 aromatic carbocycles. The van der Waals surface area contributed by atoms with Gasteiger partial charge in [0.05, 0.1) is 29.9 Å². The minimum atomic E-state index is -0.916. The minimum absolute atomic E-state index is 0.0298. The van der Waals surface area contributed by atoms with Crippen LogP contribution in [-0.4, -0.2) is 102 Å². The number of carbonyl (C=O) groups excluding carboxylic acids is 8. The van der Waals surface area contributed by atoms with Crippen molar-refractivity contribution in [1.82, 2.24) is 19.9 Å². The van der Waals surface area contributed by atoms with Crippen molar-refractivity contribution in [3.05, 3.63) is 327 Å². The van der Waals surface area contributed by atoms with E-state index >= 15 is 0 Å². The number of anilines is 4. The maximum absolute atomic E-state index is 14.7. The average molecular weight is 1740 g/mol. The molecule has 0 fully saturated rings. The number of aromatic nitrogens is 4. The second kappa shape index (κ2) is 47.5. The van der Waals surface area contributed by atoms with Crippen LogP contribution in [0, 0.1) is 61.9 Å². The second-order valence-corrected chi connectivity index (χ2v) is 30.8. The van der Waals surface area contributed by atoms with Crippen molar-refractivity contribution in [3.63, 3.8) is 0 Å². The van der Waals surface area contributed by atoms with E-state index in [1.54, 1.807) is 182 Å². The summed E-state index contributed by atoms with van der Waals surface area (Å²) in [6.45, 7) is 13.3. The van der Waals surface area contributed by atoms with Gasteiger partial charge >= 0.3 is 0 Å². The van der Waals surface area contributed by atoms with Crippen LogP contribution in [-0.2, 0) is 44.9 Å². The first-order valence-electron chi connectivity index (χ1n) is 42.5. The number of amides is 4. The van der Waals surface area contributed by atoms with Crippen molar-refractivity contribution >= 4 is 69.5 Å². The lowest BCUT2D eigenvalue weighted by Gasteiger charge is -2.18. The Bertz CT molecular complexity index is 5470. The van der Waals surface area contributed by atoms with Gasteiger partial charge in [-0.2, -0.15) is 18.2 Å². The number of halogens is 7. The molecule has 24 heteroatoms. The highest BCUT2D eigenvalue weighted by Gasteiger charge is 2.22. The SMILES string of the molecule is CCCC(=O)N(C)c1ccc(-c2ccc(C(=O)CCc3ccc(C)nc3C)cc2)cc1F.CCCC(=O)N(C)c1ccc(-c2ccc(C(=O)CCc3ccc(F)nc3C)cc2)cc1F.CCCC(=O)N(C)c1ccc(-c2ccc(C(=O)CCc3ccc(F)nc3F)cc2)cc1F.CCCC(=O)N(C)c1ccc(-c2ccc(C(=O)CCc3ccc(OC)nc3)cc2)cc1F. The van der Waals surface area contributed by atoms with Crippen molar-refractivity contribution in [3.8, 4) is 50.4 Å². The molecule has 0 aliphatic heterocycles. The van der Waals surface area contributed by atoms with Crippen LogP contribution in [0.2, 0.25) is 0 Å². The minimum Gasteiger partial charge on any atom is -0.481 e. The third-order valence-electron chi connectivity index (χ3n) is 21.6. The van der Waals surface area contributed by atoms with Gasteiger partial charge in [0.1, 0.15) is 23.3 Å². The Morgan fingerprint density at radius 3 is 0.859 bits per heavy atom. The van der Waals surface area contributed by atoms with Gasteiger partial charge in [-0.25, -0.2) is 27.5 Å². The fourth-order valence-corrected chi connectivity index (χ4v) is 14.0. The van der Waals surface area contributed by atoms with Gasteiger partial charge < -0.3 is 24.3 Å². The Hall–Kier alpha value is -13.8. The van der Waals surface area contributed by atoms with Gasteiger partial charge in [0, 0.05) is 137 Å². The molecular formula is C104H105F7N8O9. The molecule has 4 aromatic heterocycles. The number of carbonyl (C=O) groups is 8. The molecule has 0 aliphatic rings. The van der Waals surface area contributed by atoms with Crippen molar-refractivity contribution < 1.29 is 73.8 Å². The standard InChI is InChI=1S/C27H29FN2O2.C26H26F2N2O2.C26H27FN2O3.C25H23F3N2O2/c1-5-6-27(32)30(4)25-15-13-23(17-24(25)28)21-9-11-22(12-10-21)26(31)16-14-20-8-7-18(2)29-19(20)3;1-4-5-26(32)30(3)23-13-10-21(16-22(23)27)19-6-8-20(9-7-19)24(31)14-11-18-12-15-25(28)29-17(18)2;1-4-5-26(31)29(2)23-13-12-21(16-22(23)27)19-8-10-20(11-9-19)24(30)14-6-18-7-15-25(32-3)28-17-18;1-3-4-24(32)30(2)21-12-9-19(15-20(21)26)16-5-7-17(8-6-16)22(31)13-10-18-11-14-23(27)29-25(18)28/h7-13,15,17H,5-6,14,16H2,1-4H3;6-10,12-13,15-16H,4-5,11,14H2,1-3H3;7-13,15-17H,4-6,14H2,1-3H3;5-9,11-12,14-15H,3-4,10,13H2,1-2H3. The van der Waals surface area contributed by atoms with E-state index in [-0.39, 0.29) is 94.3 Å². The normalized spacial score (nSPS) is 10.7. The highest BCUT2D eigenvalue weighted by Crippen LogP contribution is 2.33. The molecule has 128 heavy (non-hydrogen) atoms. The van der Waals surface area contributed by atoms with E-state index in [1.807, 2.05) is 84.0 Å². The maximum Gasteiger partial charge on any atom is 0.226 e. The van der Waals surface area contributed by atoms with Crippen LogP contribution in [0.15, 0.2) is 225 Å². The van der Waals surface area contributed by atoms with Gasteiger partial charge in [-0.15, -0.1) is 0 Å². The van der Waals surface area contributed by atoms with E-state index in [0.29, 0.717) is 139 Å². The molecule has 0 unspecified atom stereocenters. The number of Topliss-reactive ketones (excluding diaryl/α,β-unsaturated/α-hetero) is 4. The van der Waals surface area contributed by atoms with Crippen LogP contribution in [0.1, 0.15) is 186 Å². The van der Waals surface area contributed by atoms with E-state index in [0.717, 1.165) is 57.3 Å². The monoisotopic (exact) mass is 1740 g/mol. The zero-order valence-corrected chi connectivity index (χ0v) is 74.1. The predicted molar refractivity (Wildman–Crippen MR) is 489 cm³/mol. The maximum atomic E-state index is 14.7. The summed E-state index contributed by atoms with van der Waals surface area (Å²) in [5, 5.41) is 0. The summed E-state index contributed by atoms with van der Waals surface area (Å²) < 4.78 is 103. The fourth-order valence-electron chi connectivity index (χ4n) is 14.0. The summed E-state index contributed by atoms with van der Waals surface area (Å²) in [6.07, 6.45) is 8.94. The van der Waals surface area contributed by atoms with Crippen LogP contribution in [0.3, 0.4) is 0 Å². The molecule has 4 amide bonds. The number of rotatable bonds is 33. The zero-order valence-electron chi connectivity index (χ0n) is 74.1. The van der Waals surface area contributed by atoms with Gasteiger partial charge in [-0.3, -0.25) is 43.3 Å². The summed E-state index contributed by atoms with van der Waals surface area (Å²) >= 11 is 0. The van der Waals surface area contributed by atoms with Crippen LogP contribution in [0.4, 0.5) is 53.5 Å². The Labute approximate surface area is 743 Å². The summed E-state index contributed by atoms with van der Waals surface area (Å²) in [4.78, 5) is 119. The quantitative estimate of drug-likeness (QED) is 0.0213. The largest absolute Gasteiger partial charge is 0.481 e. The van der Waals surface area contributed by atoms with E-state index < -0.39 is 41.1 Å². The summed E-state index contributed by atoms with van der Waals surface area (Å²) in [7, 11) is 7.85. The topological polar surface area (TPSA) is 210 Å². The molecule has 17 nitrogen and oxygen atoms in total. The highest BCUT2D eigenvalue weighted by molar-refractivity contribution is 6.00. The molecule has 0 saturated heterocycles. The van der Waals surface area contributed by atoms with Crippen LogP contribution < -0.4 is 24.3 Å². The molecule has 12 aromatic rings. The third kappa shape index (κ3) is 27.4. The molecular weight excluding hydrogens is 1640 g/mol. The molecule has 0 saturated carbocycles. The number of aryl methyl sites for hydroxylation is 7. The number of benzene rings is 8. The first-order chi connectivity index (χ1) is 61.3. The zero-order chi connectivity index (χ0) is 92.8. The number of pyridine rings is 4. The third-order valence-corrected chi connectivity index (χ3v) is 21.6. The van der Waals surface area contributed by atoms with E-state index in [4.69, 9.17) is 4.74 Å². The molecule has 0 radical (unpaired) electrons. The summed E-state index contributed by atoms with van der Waals surface area (Å²) in [6, 6.07) is 59.9. The Balaban J connectivity index is 0.000000193. The molecule has 0 spiro atoms. The number of hydrogen-bond acceptors (Lipinski definition) is 13. The molecule has 12 rings (SSSR count). The lowest BCUT2D eigenvalue weighted by atomic mass is 9.98. The molecule has 4 heterocycles. The van der Waals surface area contributed by atoms with Crippen LogP contribution in [0.25, 0.3) is 44.5 Å². The van der Waals surface area contributed by atoms with Crippen molar-refractivity contribution in [2.45, 2.75) is 151 Å². The van der Waals surface area contributed by atoms with E-state index in [2.05, 4.69) is 19.9 Å². The smallest absolute Gasteiger partial charge is 0.226 e. The number of methoxy groups -OCH3 is 1. The predicted octanol–water partition coefficient (Wildman–Crippen LogP) is 23.2. The molecule has 664 valence electrons. The van der Waals surface area contributed by atoms with Gasteiger partial charge in [-0.1, -0.05) is 167 Å². The van der Waals surface area contributed by atoms with E-state index in [1.165, 1.54) is 56.0 Å². The number of ether oxygens (including phenoxy) is 1. The number of ketones is 4. The Morgan fingerprint density at radius 1 is 0.305 bits per heavy atom. The molecule has 0 aliphatic carbocycles. The van der Waals surface area contributed by atoms with Crippen LogP contribution >= 0.6 is 0 Å². The first kappa shape index (κ1) is 98.0. The van der Waals surface area contributed by atoms with Gasteiger partial charge in [0.2, 0.25) is 47.4 Å². The lowest BCUT2D eigenvalue weighted by molar-refractivity contribution is -0.119. The fraction of sp³-hybridized carbons (Fsp3) is 0.269. The van der Waals surface area contributed by atoms with Crippen LogP contribution in [0.5, 0.6) is 5.88 Å². The Kier molecular flexibility index (Phi) is 36.4. The summed E-state index contributed by atoms with van der Waals surface area (Å²) in [5.41, 5.74) is 14.5. The van der Waals surface area contributed by atoms with Gasteiger partial charge in [0.15, 0.2) is 23.1 Å². The van der Waals surface area contributed by atoms with Gasteiger partial charge in [0.25, 0.3) is 0 Å². The lowest BCUT2D eigenvalue weighted by Crippen LogP contribution is -2.26. The molecule has 0 bridgehead atoms. The highest BCUT2D eigenvalue weighted by atomic mass is 19.2. The van der Waals surface area contributed by atoms with Crippen molar-refractivity contribution in [2.24, 2.45) is 0 Å². The van der Waals surface area contributed by atoms with Crippen molar-refractivity contribution in [1.29, 1.82) is 0 Å². The summed E-state index contributed by atoms with van der Waals surface area (Å²) in [5.74, 6) is -4.34. The first-order valence-corrected chi connectivity index (χ1v) is 42.5.